The van der Waals surface area contributed by atoms with Crippen molar-refractivity contribution in [3.63, 3.8) is 0 Å². The van der Waals surface area contributed by atoms with Crippen LogP contribution >= 0.6 is 0 Å². The van der Waals surface area contributed by atoms with Crippen LogP contribution in [0.15, 0.2) is 0 Å². The Morgan fingerprint density at radius 1 is 1.31 bits per heavy atom. The van der Waals surface area contributed by atoms with Crippen LogP contribution in [-0.2, 0) is 14.4 Å². The number of carbonyl (C=O) groups excluding carboxylic acids is 2. The Kier molecular flexibility index (Phi) is 16.3. The van der Waals surface area contributed by atoms with Gasteiger partial charge in [0.15, 0.2) is 0 Å². The van der Waals surface area contributed by atoms with Crippen molar-refractivity contribution in [2.45, 2.75) is 47.7 Å². The first-order valence-corrected chi connectivity index (χ1v) is 8.21. The van der Waals surface area contributed by atoms with Crippen molar-refractivity contribution >= 4 is 18.7 Å². The lowest BCUT2D eigenvalue weighted by atomic mass is 9.84. The predicted molar refractivity (Wildman–Crippen MR) is 94.8 cm³/mol. The standard InChI is InChI=1S/C10H20N2O.C4H10.C2HF3O.CH2O2/c1-8-6-12(7-10(8,2)3)9(13)5-11-4;1-4(2)3;3-2(4,5)1-6;2-1-3/h8,11H,5-7H2,1-4H3;4H,1-3H3;1H;1H,(H,2,3). The highest BCUT2D eigenvalue weighted by Gasteiger charge is 2.37. The van der Waals surface area contributed by atoms with Gasteiger partial charge in [0.05, 0.1) is 6.54 Å². The van der Waals surface area contributed by atoms with Crippen LogP contribution in [0.2, 0.25) is 0 Å². The Bertz CT molecular complexity index is 397. The van der Waals surface area contributed by atoms with E-state index in [0.29, 0.717) is 12.5 Å². The van der Waals surface area contributed by atoms with Gasteiger partial charge in [0.1, 0.15) is 0 Å². The molecule has 26 heavy (non-hydrogen) atoms. The molecule has 0 aliphatic carbocycles. The molecule has 6 nitrogen and oxygen atoms in total. The van der Waals surface area contributed by atoms with Gasteiger partial charge in [-0.3, -0.25) is 14.4 Å². The third-order valence-electron chi connectivity index (χ3n) is 3.24. The molecule has 1 atom stereocenters. The summed E-state index contributed by atoms with van der Waals surface area (Å²) in [6.07, 6.45) is -5.70. The van der Waals surface area contributed by atoms with Gasteiger partial charge < -0.3 is 15.3 Å². The topological polar surface area (TPSA) is 86.7 Å². The van der Waals surface area contributed by atoms with Gasteiger partial charge in [-0.2, -0.15) is 13.2 Å². The SMILES string of the molecule is CC(C)C.CNCC(=O)N1CC(C)C(C)(C)C1.O=CC(F)(F)F.O=CO. The van der Waals surface area contributed by atoms with Crippen LogP contribution in [0.1, 0.15) is 41.5 Å². The van der Waals surface area contributed by atoms with Crippen molar-refractivity contribution in [1.82, 2.24) is 10.2 Å². The molecule has 1 aliphatic heterocycles. The van der Waals surface area contributed by atoms with Crippen LogP contribution in [0.25, 0.3) is 0 Å². The molecule has 0 bridgehead atoms. The minimum Gasteiger partial charge on any atom is -0.483 e. The average Bonchev–Trinajstić information content (AvgIpc) is 2.73. The normalized spacial score (nSPS) is 17.7. The Balaban J connectivity index is -0.000000339. The van der Waals surface area contributed by atoms with Crippen molar-refractivity contribution in [3.8, 4) is 0 Å². The van der Waals surface area contributed by atoms with Gasteiger partial charge in [0.25, 0.3) is 6.47 Å². The molecule has 0 radical (unpaired) electrons. The van der Waals surface area contributed by atoms with Crippen LogP contribution in [0.4, 0.5) is 13.2 Å². The summed E-state index contributed by atoms with van der Waals surface area (Å²) >= 11 is 0. The summed E-state index contributed by atoms with van der Waals surface area (Å²) in [7, 11) is 1.81. The van der Waals surface area contributed by atoms with E-state index in [4.69, 9.17) is 14.7 Å². The lowest BCUT2D eigenvalue weighted by molar-refractivity contribution is -0.156. The second-order valence-corrected chi connectivity index (χ2v) is 7.19. The molecule has 1 saturated heterocycles. The van der Waals surface area contributed by atoms with Gasteiger partial charge in [-0.1, -0.05) is 41.5 Å². The second-order valence-electron chi connectivity index (χ2n) is 7.19. The molecule has 0 saturated carbocycles. The van der Waals surface area contributed by atoms with Crippen LogP contribution in [0, 0.1) is 17.3 Å². The quantitative estimate of drug-likeness (QED) is 0.713. The van der Waals surface area contributed by atoms with Crippen LogP contribution in [-0.4, -0.2) is 61.5 Å². The summed E-state index contributed by atoms with van der Waals surface area (Å²) in [4.78, 5) is 30.6. The summed E-state index contributed by atoms with van der Waals surface area (Å²) in [6, 6.07) is 0. The first-order valence-electron chi connectivity index (χ1n) is 8.21. The fourth-order valence-electron chi connectivity index (χ4n) is 1.74. The molecule has 1 heterocycles. The van der Waals surface area contributed by atoms with E-state index >= 15 is 0 Å². The summed E-state index contributed by atoms with van der Waals surface area (Å²) in [5.41, 5.74) is 0.281. The molecular weight excluding hydrogens is 353 g/mol. The number of amides is 1. The van der Waals surface area contributed by atoms with Gasteiger partial charge in [0.2, 0.25) is 12.2 Å². The van der Waals surface area contributed by atoms with Crippen LogP contribution in [0.5, 0.6) is 0 Å². The number of aldehydes is 1. The summed E-state index contributed by atoms with van der Waals surface area (Å²) < 4.78 is 31.2. The smallest absolute Gasteiger partial charge is 0.446 e. The van der Waals surface area contributed by atoms with Crippen molar-refractivity contribution in [2.75, 3.05) is 26.7 Å². The maximum atomic E-state index is 11.5. The number of rotatable bonds is 2. The number of nitrogens with one attached hydrogen (secondary N) is 1. The minimum atomic E-state index is -4.64. The molecule has 156 valence electrons. The van der Waals surface area contributed by atoms with Gasteiger partial charge in [-0.05, 0) is 24.3 Å². The molecule has 1 rings (SSSR count). The zero-order chi connectivity index (χ0) is 21.6. The molecule has 0 spiro atoms. The predicted octanol–water partition coefficient (Wildman–Crippen LogP) is 2.82. The number of carbonyl (C=O) groups is 3. The van der Waals surface area contributed by atoms with Crippen molar-refractivity contribution < 1.29 is 32.7 Å². The molecule has 1 aliphatic rings. The third-order valence-corrected chi connectivity index (χ3v) is 3.24. The van der Waals surface area contributed by atoms with E-state index in [1.807, 2.05) is 11.9 Å². The Labute approximate surface area is 154 Å². The number of nitrogens with zero attached hydrogens (tertiary/aromatic N) is 1. The summed E-state index contributed by atoms with van der Waals surface area (Å²) in [6.45, 7) is 15.2. The zero-order valence-corrected chi connectivity index (χ0v) is 16.7. The fraction of sp³-hybridized carbons (Fsp3) is 0.824. The maximum Gasteiger partial charge on any atom is 0.446 e. The Morgan fingerprint density at radius 3 is 1.85 bits per heavy atom. The van der Waals surface area contributed by atoms with Crippen molar-refractivity contribution in [3.05, 3.63) is 0 Å². The first kappa shape index (κ1) is 29.1. The Morgan fingerprint density at radius 2 is 1.65 bits per heavy atom. The first-order chi connectivity index (χ1) is 11.7. The van der Waals surface area contributed by atoms with Crippen molar-refractivity contribution in [2.24, 2.45) is 17.3 Å². The van der Waals surface area contributed by atoms with E-state index < -0.39 is 12.5 Å². The zero-order valence-electron chi connectivity index (χ0n) is 16.7. The number of carboxylic acid groups (broad SMARTS) is 1. The number of halogens is 3. The molecular formula is C17H33F3N2O4. The molecule has 1 amide bonds. The lowest BCUT2D eigenvalue weighted by Gasteiger charge is -2.21. The third kappa shape index (κ3) is 18.7. The number of alkyl halides is 3. The molecule has 0 aromatic carbocycles. The summed E-state index contributed by atoms with van der Waals surface area (Å²) in [5.74, 6) is 1.66. The number of hydrogen-bond acceptors (Lipinski definition) is 4. The Hall–Kier alpha value is -1.64. The average molecular weight is 386 g/mol. The van der Waals surface area contributed by atoms with Gasteiger partial charge in [0, 0.05) is 13.1 Å². The minimum absolute atomic E-state index is 0.222. The van der Waals surface area contributed by atoms with E-state index in [1.165, 1.54) is 0 Å². The van der Waals surface area contributed by atoms with E-state index in [2.05, 4.69) is 46.9 Å². The molecule has 9 heteroatoms. The molecule has 2 N–H and O–H groups in total. The van der Waals surface area contributed by atoms with Gasteiger partial charge in [-0.25, -0.2) is 0 Å². The van der Waals surface area contributed by atoms with E-state index in [9.17, 15) is 18.0 Å². The summed E-state index contributed by atoms with van der Waals surface area (Å²) in [5, 5.41) is 9.78. The second kappa shape index (κ2) is 14.5. The lowest BCUT2D eigenvalue weighted by Crippen LogP contribution is -2.36. The highest BCUT2D eigenvalue weighted by atomic mass is 19.4. The maximum absolute atomic E-state index is 11.5. The largest absolute Gasteiger partial charge is 0.483 e. The van der Waals surface area contributed by atoms with Crippen molar-refractivity contribution in [1.29, 1.82) is 0 Å². The number of hydrogen-bond donors (Lipinski definition) is 2. The number of likely N-dealkylation sites (tertiary alicyclic amines) is 1. The molecule has 0 aromatic heterocycles. The highest BCUT2D eigenvalue weighted by Crippen LogP contribution is 2.34. The van der Waals surface area contributed by atoms with Gasteiger partial charge in [-0.15, -0.1) is 0 Å². The highest BCUT2D eigenvalue weighted by molar-refractivity contribution is 5.78. The van der Waals surface area contributed by atoms with E-state index in [0.717, 1.165) is 19.0 Å². The monoisotopic (exact) mass is 386 g/mol. The van der Waals surface area contributed by atoms with Gasteiger partial charge >= 0.3 is 6.18 Å². The van der Waals surface area contributed by atoms with Crippen LogP contribution < -0.4 is 5.32 Å². The number of likely N-dealkylation sites (N-methyl/N-ethyl adjacent to an activating group) is 1. The molecule has 1 unspecified atom stereocenters. The molecule has 0 aromatic rings. The van der Waals surface area contributed by atoms with E-state index in [1.54, 1.807) is 0 Å². The van der Waals surface area contributed by atoms with Crippen LogP contribution in [0.3, 0.4) is 0 Å². The molecule has 1 fully saturated rings. The fourth-order valence-corrected chi connectivity index (χ4v) is 1.74. The van der Waals surface area contributed by atoms with E-state index in [-0.39, 0.29) is 17.8 Å².